The molecule has 0 radical (unpaired) electrons. The number of ether oxygens (including phenoxy) is 1. The number of hydrogen-bond donors (Lipinski definition) is 2. The molecule has 35 heavy (non-hydrogen) atoms. The zero-order chi connectivity index (χ0) is 26.0. The predicted molar refractivity (Wildman–Crippen MR) is 117 cm³/mol. The lowest BCUT2D eigenvalue weighted by molar-refractivity contribution is -0.137. The normalized spacial score (nSPS) is 12.1. The van der Waals surface area contributed by atoms with Crippen LogP contribution in [-0.4, -0.2) is 33.9 Å². The number of aromatic nitrogens is 3. The molecule has 0 saturated carbocycles. The fourth-order valence-electron chi connectivity index (χ4n) is 3.24. The SMILES string of the molecule is CC(C)(Cc1ccc(C(F)(F)F)c(-c2nc(-c3ccc(OCC(F)F)nc3)cc(=O)[nH]2)c1)C(N)=O. The Hall–Kier alpha value is -3.83. The zero-order valence-electron chi connectivity index (χ0n) is 18.6. The lowest BCUT2D eigenvalue weighted by atomic mass is 9.84. The monoisotopic (exact) mass is 496 g/mol. The molecule has 1 aromatic carbocycles. The highest BCUT2D eigenvalue weighted by Crippen LogP contribution is 2.37. The fraction of sp³-hybridized carbons (Fsp3) is 0.304. The maximum atomic E-state index is 13.8. The average Bonchev–Trinajstić information content (AvgIpc) is 2.76. The van der Waals surface area contributed by atoms with Gasteiger partial charge in [0.1, 0.15) is 5.82 Å². The summed E-state index contributed by atoms with van der Waals surface area (Å²) >= 11 is 0. The number of nitrogens with zero attached hydrogens (tertiary/aromatic N) is 2. The summed E-state index contributed by atoms with van der Waals surface area (Å²) in [6, 6.07) is 7.01. The maximum Gasteiger partial charge on any atom is 0.417 e. The average molecular weight is 496 g/mol. The van der Waals surface area contributed by atoms with Crippen LogP contribution < -0.4 is 16.0 Å². The number of benzene rings is 1. The van der Waals surface area contributed by atoms with Gasteiger partial charge in [0.05, 0.1) is 11.3 Å². The first kappa shape index (κ1) is 25.8. The summed E-state index contributed by atoms with van der Waals surface area (Å²) in [7, 11) is 0. The van der Waals surface area contributed by atoms with E-state index in [9.17, 15) is 31.5 Å². The van der Waals surface area contributed by atoms with Crippen LogP contribution in [0.2, 0.25) is 0 Å². The van der Waals surface area contributed by atoms with Crippen LogP contribution in [0.25, 0.3) is 22.6 Å². The summed E-state index contributed by atoms with van der Waals surface area (Å²) in [5, 5.41) is 0. The van der Waals surface area contributed by atoms with E-state index in [1.54, 1.807) is 13.8 Å². The van der Waals surface area contributed by atoms with Gasteiger partial charge in [0.2, 0.25) is 11.8 Å². The molecule has 7 nitrogen and oxygen atoms in total. The number of primary amides is 1. The summed E-state index contributed by atoms with van der Waals surface area (Å²) in [5.41, 5.74) is 2.85. The number of aromatic amines is 1. The van der Waals surface area contributed by atoms with Gasteiger partial charge >= 0.3 is 6.18 Å². The van der Waals surface area contributed by atoms with Crippen LogP contribution >= 0.6 is 0 Å². The largest absolute Gasteiger partial charge is 0.472 e. The number of alkyl halides is 5. The third-order valence-corrected chi connectivity index (χ3v) is 5.09. The molecule has 0 unspecified atom stereocenters. The van der Waals surface area contributed by atoms with Gasteiger partial charge in [-0.15, -0.1) is 0 Å². The van der Waals surface area contributed by atoms with Gasteiger partial charge in [-0.25, -0.2) is 18.7 Å². The van der Waals surface area contributed by atoms with Crippen molar-refractivity contribution in [2.75, 3.05) is 6.61 Å². The Labute approximate surface area is 196 Å². The van der Waals surface area contributed by atoms with Gasteiger partial charge in [0, 0.05) is 34.9 Å². The number of nitrogens with one attached hydrogen (secondary N) is 1. The summed E-state index contributed by atoms with van der Waals surface area (Å²) in [6.07, 6.45) is -6.20. The number of pyridine rings is 1. The second kappa shape index (κ2) is 9.80. The number of halogens is 5. The molecule has 0 aliphatic heterocycles. The van der Waals surface area contributed by atoms with Crippen molar-refractivity contribution < 1.29 is 31.5 Å². The van der Waals surface area contributed by atoms with Crippen molar-refractivity contribution in [2.45, 2.75) is 32.9 Å². The molecule has 3 N–H and O–H groups in total. The first-order valence-electron chi connectivity index (χ1n) is 10.3. The van der Waals surface area contributed by atoms with Gasteiger partial charge in [-0.05, 0) is 30.2 Å². The van der Waals surface area contributed by atoms with Crippen molar-refractivity contribution in [2.24, 2.45) is 11.1 Å². The van der Waals surface area contributed by atoms with Crippen molar-refractivity contribution in [1.29, 1.82) is 0 Å². The summed E-state index contributed by atoms with van der Waals surface area (Å²) < 4.78 is 70.6. The minimum atomic E-state index is -4.76. The third kappa shape index (κ3) is 6.40. The molecule has 0 bridgehead atoms. The fourth-order valence-corrected chi connectivity index (χ4v) is 3.24. The Bertz CT molecular complexity index is 1270. The number of H-pyrrole nitrogens is 1. The van der Waals surface area contributed by atoms with Crippen LogP contribution in [0.3, 0.4) is 0 Å². The lowest BCUT2D eigenvalue weighted by Gasteiger charge is -2.21. The maximum absolute atomic E-state index is 13.8. The van der Waals surface area contributed by atoms with Crippen molar-refractivity contribution >= 4 is 5.91 Å². The highest BCUT2D eigenvalue weighted by molar-refractivity contribution is 5.80. The van der Waals surface area contributed by atoms with Gasteiger partial charge in [-0.3, -0.25) is 9.59 Å². The molecular weight excluding hydrogens is 475 g/mol. The molecule has 12 heteroatoms. The van der Waals surface area contributed by atoms with Crippen molar-refractivity contribution in [3.8, 4) is 28.5 Å². The Balaban J connectivity index is 2.06. The number of carbonyl (C=O) groups excluding carboxylic acids is 1. The molecule has 1 amide bonds. The summed E-state index contributed by atoms with van der Waals surface area (Å²) in [6.45, 7) is 2.27. The Morgan fingerprint density at radius 2 is 1.86 bits per heavy atom. The minimum Gasteiger partial charge on any atom is -0.472 e. The zero-order valence-corrected chi connectivity index (χ0v) is 18.6. The minimum absolute atomic E-state index is 0.00709. The van der Waals surface area contributed by atoms with E-state index in [2.05, 4.69) is 15.0 Å². The highest BCUT2D eigenvalue weighted by atomic mass is 19.4. The van der Waals surface area contributed by atoms with Gasteiger partial charge in [0.25, 0.3) is 12.0 Å². The number of carbonyl (C=O) groups is 1. The van der Waals surface area contributed by atoms with Gasteiger partial charge in [0.15, 0.2) is 6.61 Å². The molecule has 0 aliphatic carbocycles. The Kier molecular flexibility index (Phi) is 7.22. The second-order valence-electron chi connectivity index (χ2n) is 8.37. The first-order valence-corrected chi connectivity index (χ1v) is 10.3. The molecule has 3 rings (SSSR count). The topological polar surface area (TPSA) is 111 Å². The van der Waals surface area contributed by atoms with E-state index in [-0.39, 0.29) is 34.9 Å². The third-order valence-electron chi connectivity index (χ3n) is 5.09. The van der Waals surface area contributed by atoms with E-state index in [1.807, 2.05) is 0 Å². The molecule has 186 valence electrons. The van der Waals surface area contributed by atoms with Crippen molar-refractivity contribution in [3.63, 3.8) is 0 Å². The van der Waals surface area contributed by atoms with Gasteiger partial charge < -0.3 is 15.5 Å². The van der Waals surface area contributed by atoms with Crippen LogP contribution in [0.4, 0.5) is 22.0 Å². The molecule has 2 heterocycles. The van der Waals surface area contributed by atoms with E-state index in [4.69, 9.17) is 10.5 Å². The predicted octanol–water partition coefficient (Wildman–Crippen LogP) is 4.22. The van der Waals surface area contributed by atoms with E-state index in [1.165, 1.54) is 30.5 Å². The van der Waals surface area contributed by atoms with E-state index < -0.39 is 41.7 Å². The summed E-state index contributed by atoms with van der Waals surface area (Å²) in [4.78, 5) is 34.3. The van der Waals surface area contributed by atoms with Crippen LogP contribution in [0.15, 0.2) is 47.4 Å². The Morgan fingerprint density at radius 3 is 2.43 bits per heavy atom. The van der Waals surface area contributed by atoms with Crippen LogP contribution in [0.1, 0.15) is 25.0 Å². The molecule has 2 aromatic heterocycles. The molecule has 0 atom stereocenters. The molecule has 0 spiro atoms. The van der Waals surface area contributed by atoms with Crippen LogP contribution in [0, 0.1) is 5.41 Å². The van der Waals surface area contributed by atoms with E-state index in [0.717, 1.165) is 12.1 Å². The lowest BCUT2D eigenvalue weighted by Crippen LogP contribution is -2.33. The van der Waals surface area contributed by atoms with Crippen molar-refractivity contribution in [3.05, 3.63) is 64.1 Å². The second-order valence-corrected chi connectivity index (χ2v) is 8.37. The van der Waals surface area contributed by atoms with Crippen LogP contribution in [0.5, 0.6) is 5.88 Å². The number of amides is 1. The molecule has 0 aliphatic rings. The standard InChI is InChI=1S/C23H21F5N4O3/c1-22(2,21(29)34)9-12-3-5-15(23(26,27)28)14(7-12)20-31-16(8-18(33)32-20)13-4-6-19(30-10-13)35-11-17(24)25/h3-8,10,17H,9,11H2,1-2H3,(H2,29,34)(H,31,32,33). The smallest absolute Gasteiger partial charge is 0.417 e. The molecule has 0 saturated heterocycles. The molecule has 3 aromatic rings. The van der Waals surface area contributed by atoms with E-state index in [0.29, 0.717) is 5.56 Å². The van der Waals surface area contributed by atoms with Crippen molar-refractivity contribution in [1.82, 2.24) is 15.0 Å². The highest BCUT2D eigenvalue weighted by Gasteiger charge is 2.35. The van der Waals surface area contributed by atoms with Crippen LogP contribution in [-0.2, 0) is 17.4 Å². The number of nitrogens with two attached hydrogens (primary N) is 1. The summed E-state index contributed by atoms with van der Waals surface area (Å²) in [5.74, 6) is -1.07. The Morgan fingerprint density at radius 1 is 1.14 bits per heavy atom. The van der Waals surface area contributed by atoms with E-state index >= 15 is 0 Å². The van der Waals surface area contributed by atoms with Gasteiger partial charge in [-0.1, -0.05) is 19.9 Å². The molecule has 0 fully saturated rings. The number of hydrogen-bond acceptors (Lipinski definition) is 5. The molecular formula is C23H21F5N4O3. The number of rotatable bonds is 8. The van der Waals surface area contributed by atoms with Gasteiger partial charge in [-0.2, -0.15) is 13.2 Å². The quantitative estimate of drug-likeness (QED) is 0.454. The first-order chi connectivity index (χ1) is 16.3.